The number of ether oxygens (including phenoxy) is 2. The number of carboxylic acid groups (broad SMARTS) is 1. The fraction of sp³-hybridized carbons (Fsp3) is 0.588. The first-order valence-electron chi connectivity index (χ1n) is 8.68. The van der Waals surface area contributed by atoms with Gasteiger partial charge in [-0.1, -0.05) is 19.1 Å². The monoisotopic (exact) mass is 430 g/mol. The smallest absolute Gasteiger partial charge is 0.330 e. The summed E-state index contributed by atoms with van der Waals surface area (Å²) in [7, 11) is -3.72. The molecule has 1 unspecified atom stereocenters. The quantitative estimate of drug-likeness (QED) is 0.228. The zero-order valence-electron chi connectivity index (χ0n) is 16.9. The standard InChI is InChI=1S/C14H20O6.C3H7O3S.Na/c1-4-7-11(15)19-9-14(6-3,13(17)18)10-20-12(16)8-5-2;1-3(2)7(4,5)6;/h4-5,7-8H,6,9-10H2,1-3H3,(H,17,18);3H,1H2,2H3,(H,4,5,6);. The number of aliphatic carboxylic acids is 1. The van der Waals surface area contributed by atoms with Gasteiger partial charge in [0, 0.05) is 12.2 Å². The third kappa shape index (κ3) is 12.3. The molecule has 0 saturated carbocycles. The van der Waals surface area contributed by atoms with Gasteiger partial charge in [-0.05, 0) is 20.3 Å². The fourth-order valence-electron chi connectivity index (χ4n) is 1.52. The Morgan fingerprint density at radius 2 is 1.46 bits per heavy atom. The number of hydrogen-bond donors (Lipinski definition) is 2. The molecule has 0 radical (unpaired) electrons. The van der Waals surface area contributed by atoms with Gasteiger partial charge < -0.3 is 14.6 Å². The SMILES string of the molecule is CC([CH2][Na])S(=O)(=O)O.CC=CC(=O)OCC(CC)(COC(=O)C=CC)C(=O)O. The van der Waals surface area contributed by atoms with Crippen molar-refractivity contribution in [2.24, 2.45) is 5.41 Å². The molecule has 0 aliphatic heterocycles. The number of carbonyl (C=O) groups is 3. The van der Waals surface area contributed by atoms with Gasteiger partial charge in [-0.3, -0.25) is 4.79 Å². The Morgan fingerprint density at radius 1 is 1.07 bits per heavy atom. The van der Waals surface area contributed by atoms with Crippen LogP contribution in [0.4, 0.5) is 0 Å². The Labute approximate surface area is 183 Å². The van der Waals surface area contributed by atoms with E-state index in [1.807, 2.05) is 0 Å². The molecule has 11 heteroatoms. The summed E-state index contributed by atoms with van der Waals surface area (Å²) in [6.07, 6.45) is 5.52. The Kier molecular flexibility index (Phi) is 15.3. The minimum Gasteiger partial charge on any atom is -0.481 e. The van der Waals surface area contributed by atoms with Crippen molar-refractivity contribution in [3.05, 3.63) is 24.3 Å². The van der Waals surface area contributed by atoms with Gasteiger partial charge in [0.05, 0.1) is 0 Å². The van der Waals surface area contributed by atoms with Gasteiger partial charge in [0.15, 0.2) is 0 Å². The van der Waals surface area contributed by atoms with Crippen LogP contribution in [0.1, 0.15) is 34.1 Å². The second kappa shape index (κ2) is 14.7. The molecular formula is C17H27NaO9S. The van der Waals surface area contributed by atoms with Gasteiger partial charge in [-0.25, -0.2) is 9.59 Å². The number of rotatable bonds is 10. The molecule has 28 heavy (non-hydrogen) atoms. The molecule has 0 bridgehead atoms. The molecule has 9 nitrogen and oxygen atoms in total. The summed E-state index contributed by atoms with van der Waals surface area (Å²) in [6, 6.07) is 0. The van der Waals surface area contributed by atoms with Crippen molar-refractivity contribution in [1.82, 2.24) is 0 Å². The molecule has 0 saturated heterocycles. The second-order valence-electron chi connectivity index (χ2n) is 5.89. The zero-order chi connectivity index (χ0) is 22.4. The van der Waals surface area contributed by atoms with Crippen LogP contribution in [-0.4, -0.2) is 82.4 Å². The molecule has 0 aromatic carbocycles. The number of esters is 2. The van der Waals surface area contributed by atoms with Crippen LogP contribution in [0.2, 0.25) is 3.67 Å². The Balaban J connectivity index is 0. The van der Waals surface area contributed by atoms with Gasteiger partial charge >= 0.3 is 84.8 Å². The van der Waals surface area contributed by atoms with Crippen molar-refractivity contribution in [3.8, 4) is 0 Å². The molecule has 0 rings (SSSR count). The average molecular weight is 430 g/mol. The van der Waals surface area contributed by atoms with Crippen LogP contribution in [0.3, 0.4) is 0 Å². The Bertz CT molecular complexity index is 640. The molecule has 0 amide bonds. The molecule has 2 N–H and O–H groups in total. The summed E-state index contributed by atoms with van der Waals surface area (Å²) in [5.41, 5.74) is -1.44. The minimum absolute atomic E-state index is 0.161. The van der Waals surface area contributed by atoms with Crippen LogP contribution in [0.15, 0.2) is 24.3 Å². The van der Waals surface area contributed by atoms with Crippen LogP contribution >= 0.6 is 0 Å². The van der Waals surface area contributed by atoms with E-state index >= 15 is 0 Å². The Hall–Kier alpha value is -1.20. The van der Waals surface area contributed by atoms with E-state index in [0.29, 0.717) is 3.67 Å². The van der Waals surface area contributed by atoms with E-state index < -0.39 is 38.7 Å². The number of allylic oxidation sites excluding steroid dienone is 2. The van der Waals surface area contributed by atoms with Crippen LogP contribution < -0.4 is 0 Å². The zero-order valence-corrected chi connectivity index (χ0v) is 19.7. The summed E-state index contributed by atoms with van der Waals surface area (Å²) < 4.78 is 38.9. The van der Waals surface area contributed by atoms with E-state index in [1.54, 1.807) is 20.8 Å². The van der Waals surface area contributed by atoms with E-state index in [4.69, 9.17) is 14.0 Å². The van der Waals surface area contributed by atoms with E-state index in [0.717, 1.165) is 27.9 Å². The molecule has 0 aliphatic carbocycles. The molecule has 0 spiro atoms. The molecule has 156 valence electrons. The summed E-state index contributed by atoms with van der Waals surface area (Å²) in [5, 5.41) is 8.73. The van der Waals surface area contributed by atoms with Gasteiger partial charge in [-0.15, -0.1) is 0 Å². The summed E-state index contributed by atoms with van der Waals surface area (Å²) in [4.78, 5) is 33.9. The Morgan fingerprint density at radius 3 is 1.64 bits per heavy atom. The maximum atomic E-state index is 11.4. The van der Waals surface area contributed by atoms with Gasteiger partial charge in [0.2, 0.25) is 0 Å². The third-order valence-electron chi connectivity index (χ3n) is 3.80. The summed E-state index contributed by atoms with van der Waals surface area (Å²) in [6.45, 7) is 5.70. The van der Waals surface area contributed by atoms with Crippen molar-refractivity contribution in [1.29, 1.82) is 0 Å². The molecule has 0 fully saturated rings. The van der Waals surface area contributed by atoms with Crippen LogP contribution in [-0.2, 0) is 34.0 Å². The molecule has 0 aromatic rings. The molecule has 0 aromatic heterocycles. The maximum Gasteiger partial charge on any atom is 0.330 e. The maximum absolute atomic E-state index is 11.4. The van der Waals surface area contributed by atoms with E-state index in [1.165, 1.54) is 31.2 Å². The first-order valence-corrected chi connectivity index (χ1v) is 11.6. The van der Waals surface area contributed by atoms with E-state index in [2.05, 4.69) is 0 Å². The first kappa shape index (κ1) is 29.0. The third-order valence-corrected chi connectivity index (χ3v) is 6.97. The van der Waals surface area contributed by atoms with Crippen molar-refractivity contribution < 1.29 is 41.9 Å². The van der Waals surface area contributed by atoms with Crippen molar-refractivity contribution in [2.75, 3.05) is 13.2 Å². The van der Waals surface area contributed by atoms with Crippen molar-refractivity contribution in [3.63, 3.8) is 0 Å². The van der Waals surface area contributed by atoms with Gasteiger partial charge in [0.1, 0.15) is 18.6 Å². The van der Waals surface area contributed by atoms with E-state index in [9.17, 15) is 27.9 Å². The number of carboxylic acids is 1. The van der Waals surface area contributed by atoms with Crippen LogP contribution in [0, 0.1) is 5.41 Å². The predicted molar refractivity (Wildman–Crippen MR) is 103 cm³/mol. The van der Waals surface area contributed by atoms with Crippen molar-refractivity contribution >= 4 is 56.0 Å². The molecule has 0 heterocycles. The summed E-state index contributed by atoms with van der Waals surface area (Å²) in [5.74, 6) is -2.45. The predicted octanol–water partition coefficient (Wildman–Crippen LogP) is 1.56. The number of carbonyl (C=O) groups excluding carboxylic acids is 2. The second-order valence-corrected chi connectivity index (χ2v) is 8.54. The van der Waals surface area contributed by atoms with Crippen LogP contribution in [0.5, 0.6) is 0 Å². The largest absolute Gasteiger partial charge is 0.481 e. The molecule has 0 aliphatic rings. The fourth-order valence-corrected chi connectivity index (χ4v) is 3.20. The first-order chi connectivity index (χ1) is 12.9. The van der Waals surface area contributed by atoms with Crippen LogP contribution in [0.25, 0.3) is 0 Å². The topological polar surface area (TPSA) is 144 Å². The van der Waals surface area contributed by atoms with Gasteiger partial charge in [0.25, 0.3) is 0 Å². The number of hydrogen-bond acceptors (Lipinski definition) is 7. The van der Waals surface area contributed by atoms with E-state index in [-0.39, 0.29) is 19.6 Å². The normalized spacial score (nSPS) is 14.7. The molecule has 1 atom stereocenters. The van der Waals surface area contributed by atoms with Gasteiger partial charge in [-0.2, -0.15) is 0 Å². The average Bonchev–Trinajstić information content (AvgIpc) is 2.61. The summed E-state index contributed by atoms with van der Waals surface area (Å²) >= 11 is 0.814. The minimum atomic E-state index is -3.72. The molecular weight excluding hydrogens is 403 g/mol. The van der Waals surface area contributed by atoms with Crippen molar-refractivity contribution in [2.45, 2.75) is 43.0 Å².